The number of carbonyl (C=O) groups excluding carboxylic acids is 3. The topological polar surface area (TPSA) is 78.9 Å². The summed E-state index contributed by atoms with van der Waals surface area (Å²) in [6, 6.07) is 0. The van der Waals surface area contributed by atoms with Gasteiger partial charge in [0.2, 0.25) is 0 Å². The molecule has 0 amide bonds. The van der Waals surface area contributed by atoms with Crippen LogP contribution >= 0.6 is 0 Å². The van der Waals surface area contributed by atoms with Crippen molar-refractivity contribution in [3.63, 3.8) is 0 Å². The molecule has 0 aliphatic carbocycles. The highest BCUT2D eigenvalue weighted by atomic mass is 16.6. The van der Waals surface area contributed by atoms with Crippen molar-refractivity contribution in [2.45, 2.75) is 239 Å². The average molecular weight is 681 g/mol. The van der Waals surface area contributed by atoms with E-state index in [0.29, 0.717) is 12.8 Å². The maximum absolute atomic E-state index is 12.5. The lowest BCUT2D eigenvalue weighted by molar-refractivity contribution is -0.166. The van der Waals surface area contributed by atoms with Crippen LogP contribution in [0.15, 0.2) is 0 Å². The summed E-state index contributed by atoms with van der Waals surface area (Å²) in [5.74, 6) is -0.960. The Bertz CT molecular complexity index is 708. The Hall–Kier alpha value is -1.59. The standard InChI is InChI=1S/C42H80O6/c1-4-7-9-11-13-15-17-19-21-23-25-27-29-31-33-35-41(44)47-38-39(37-46-40(43)6-3)48-42(45)36-34-32-30-28-26-24-22-20-18-16-14-12-10-8-5-2/h39H,4-38H2,1-3H3/t39-/m0/s1. The Morgan fingerprint density at radius 1 is 0.354 bits per heavy atom. The maximum Gasteiger partial charge on any atom is 0.306 e. The van der Waals surface area contributed by atoms with E-state index in [4.69, 9.17) is 14.2 Å². The smallest absolute Gasteiger partial charge is 0.306 e. The van der Waals surface area contributed by atoms with Gasteiger partial charge in [0.15, 0.2) is 6.10 Å². The predicted octanol–water partition coefficient (Wildman–Crippen LogP) is 12.9. The molecule has 0 aromatic carbocycles. The summed E-state index contributed by atoms with van der Waals surface area (Å²) in [5, 5.41) is 0. The van der Waals surface area contributed by atoms with Crippen LogP contribution in [0.3, 0.4) is 0 Å². The van der Waals surface area contributed by atoms with Crippen LogP contribution in [0.4, 0.5) is 0 Å². The van der Waals surface area contributed by atoms with E-state index >= 15 is 0 Å². The third-order valence-electron chi connectivity index (χ3n) is 9.42. The summed E-state index contributed by atoms with van der Waals surface area (Å²) in [4.78, 5) is 36.5. The summed E-state index contributed by atoms with van der Waals surface area (Å²) in [7, 11) is 0. The second-order valence-electron chi connectivity index (χ2n) is 14.2. The van der Waals surface area contributed by atoms with Gasteiger partial charge in [0.05, 0.1) is 0 Å². The third-order valence-corrected chi connectivity index (χ3v) is 9.42. The highest BCUT2D eigenvalue weighted by molar-refractivity contribution is 5.71. The van der Waals surface area contributed by atoms with Gasteiger partial charge in [-0.2, -0.15) is 0 Å². The van der Waals surface area contributed by atoms with Crippen LogP contribution in [0.25, 0.3) is 0 Å². The van der Waals surface area contributed by atoms with E-state index in [0.717, 1.165) is 38.5 Å². The maximum atomic E-state index is 12.5. The normalized spacial score (nSPS) is 11.8. The minimum atomic E-state index is -0.755. The lowest BCUT2D eigenvalue weighted by Crippen LogP contribution is -2.30. The Morgan fingerprint density at radius 2 is 0.625 bits per heavy atom. The van der Waals surface area contributed by atoms with E-state index < -0.39 is 6.10 Å². The fourth-order valence-electron chi connectivity index (χ4n) is 6.19. The molecule has 0 heterocycles. The summed E-state index contributed by atoms with van der Waals surface area (Å²) in [5.41, 5.74) is 0. The second-order valence-corrected chi connectivity index (χ2v) is 14.2. The molecule has 0 saturated carbocycles. The monoisotopic (exact) mass is 681 g/mol. The molecule has 0 aromatic heterocycles. The molecule has 0 aromatic rings. The van der Waals surface area contributed by atoms with Crippen LogP contribution in [-0.2, 0) is 28.6 Å². The molecule has 0 saturated heterocycles. The summed E-state index contributed by atoms with van der Waals surface area (Å²) in [6.07, 6.45) is 38.6. The first-order valence-corrected chi connectivity index (χ1v) is 21.0. The van der Waals surface area contributed by atoms with Crippen LogP contribution in [0, 0.1) is 0 Å². The number of carbonyl (C=O) groups is 3. The zero-order chi connectivity index (χ0) is 35.2. The Kier molecular flexibility index (Phi) is 36.9. The summed E-state index contributed by atoms with van der Waals surface area (Å²) >= 11 is 0. The van der Waals surface area contributed by atoms with Crippen LogP contribution < -0.4 is 0 Å². The quantitative estimate of drug-likeness (QED) is 0.0367. The van der Waals surface area contributed by atoms with Crippen molar-refractivity contribution in [2.75, 3.05) is 13.2 Å². The van der Waals surface area contributed by atoms with E-state index in [1.54, 1.807) is 6.92 Å². The van der Waals surface area contributed by atoms with Crippen LogP contribution in [0.2, 0.25) is 0 Å². The zero-order valence-electron chi connectivity index (χ0n) is 32.3. The van der Waals surface area contributed by atoms with Gasteiger partial charge >= 0.3 is 17.9 Å². The van der Waals surface area contributed by atoms with Gasteiger partial charge in [0, 0.05) is 19.3 Å². The first-order valence-electron chi connectivity index (χ1n) is 21.0. The SMILES string of the molecule is CCCCCCCCCCCCCCCCCC(=O)OC[C@H](COC(=O)CC)OC(=O)CCCCCCCCCCCCCCCCC. The van der Waals surface area contributed by atoms with Crippen LogP contribution in [0.5, 0.6) is 0 Å². The molecule has 0 bridgehead atoms. The number of hydrogen-bond donors (Lipinski definition) is 0. The molecule has 0 rings (SSSR count). The van der Waals surface area contributed by atoms with Crippen molar-refractivity contribution in [1.82, 2.24) is 0 Å². The first kappa shape index (κ1) is 46.4. The molecule has 0 N–H and O–H groups in total. The molecular formula is C42H80O6. The van der Waals surface area contributed by atoms with Crippen LogP contribution in [-0.4, -0.2) is 37.2 Å². The van der Waals surface area contributed by atoms with E-state index in [1.165, 1.54) is 154 Å². The Balaban J connectivity index is 3.87. The third kappa shape index (κ3) is 35.7. The molecule has 0 aliphatic heterocycles. The van der Waals surface area contributed by atoms with E-state index in [-0.39, 0.29) is 37.5 Å². The minimum Gasteiger partial charge on any atom is -0.462 e. The molecule has 48 heavy (non-hydrogen) atoms. The van der Waals surface area contributed by atoms with E-state index in [2.05, 4.69) is 13.8 Å². The number of ether oxygens (including phenoxy) is 3. The van der Waals surface area contributed by atoms with Crippen molar-refractivity contribution in [3.8, 4) is 0 Å². The molecule has 284 valence electrons. The molecule has 6 heteroatoms. The van der Waals surface area contributed by atoms with Crippen molar-refractivity contribution in [2.24, 2.45) is 0 Å². The van der Waals surface area contributed by atoms with Crippen molar-refractivity contribution in [1.29, 1.82) is 0 Å². The van der Waals surface area contributed by atoms with Gasteiger partial charge in [-0.15, -0.1) is 0 Å². The van der Waals surface area contributed by atoms with E-state index in [9.17, 15) is 14.4 Å². The molecule has 6 nitrogen and oxygen atoms in total. The molecule has 0 unspecified atom stereocenters. The first-order chi connectivity index (χ1) is 23.5. The van der Waals surface area contributed by atoms with Gasteiger partial charge in [0.25, 0.3) is 0 Å². The van der Waals surface area contributed by atoms with Crippen molar-refractivity contribution >= 4 is 17.9 Å². The fourth-order valence-corrected chi connectivity index (χ4v) is 6.19. The largest absolute Gasteiger partial charge is 0.462 e. The number of esters is 3. The van der Waals surface area contributed by atoms with Gasteiger partial charge in [0.1, 0.15) is 13.2 Å². The minimum absolute atomic E-state index is 0.0703. The molecule has 0 fully saturated rings. The Morgan fingerprint density at radius 3 is 0.938 bits per heavy atom. The van der Waals surface area contributed by atoms with Gasteiger partial charge in [-0.25, -0.2) is 0 Å². The Labute approximate surface area is 298 Å². The van der Waals surface area contributed by atoms with E-state index in [1.807, 2.05) is 0 Å². The molecular weight excluding hydrogens is 600 g/mol. The fraction of sp³-hybridized carbons (Fsp3) is 0.929. The van der Waals surface area contributed by atoms with Gasteiger partial charge < -0.3 is 14.2 Å². The van der Waals surface area contributed by atoms with Gasteiger partial charge in [-0.05, 0) is 12.8 Å². The van der Waals surface area contributed by atoms with Crippen molar-refractivity contribution in [3.05, 3.63) is 0 Å². The lowest BCUT2D eigenvalue weighted by atomic mass is 10.0. The highest BCUT2D eigenvalue weighted by Crippen LogP contribution is 2.16. The molecule has 1 atom stereocenters. The summed E-state index contributed by atoms with van der Waals surface area (Å²) in [6.45, 7) is 6.11. The van der Waals surface area contributed by atoms with Crippen LogP contribution in [0.1, 0.15) is 233 Å². The van der Waals surface area contributed by atoms with Crippen molar-refractivity contribution < 1.29 is 28.6 Å². The van der Waals surface area contributed by atoms with Gasteiger partial charge in [-0.3, -0.25) is 14.4 Å². The molecule has 0 radical (unpaired) electrons. The average Bonchev–Trinajstić information content (AvgIpc) is 3.09. The second kappa shape index (κ2) is 38.2. The molecule has 0 spiro atoms. The summed E-state index contributed by atoms with van der Waals surface area (Å²) < 4.78 is 16.2. The predicted molar refractivity (Wildman–Crippen MR) is 201 cm³/mol. The molecule has 0 aliphatic rings. The highest BCUT2D eigenvalue weighted by Gasteiger charge is 2.19. The van der Waals surface area contributed by atoms with Gasteiger partial charge in [-0.1, -0.05) is 201 Å². The number of hydrogen-bond acceptors (Lipinski definition) is 6. The number of unbranched alkanes of at least 4 members (excludes halogenated alkanes) is 28. The number of rotatable bonds is 38. The zero-order valence-corrected chi connectivity index (χ0v) is 32.3. The lowest BCUT2D eigenvalue weighted by Gasteiger charge is -2.18.